The standard InChI is InChI=1S/C12H15F3N2O2S/c13-12(14,15)8-17-20(18,19)11-3-1-2-9(6-11)7-16-10-4-5-10/h1-3,6,10,16-17H,4-5,7-8H2. The summed E-state index contributed by atoms with van der Waals surface area (Å²) >= 11 is 0. The van der Waals surface area contributed by atoms with E-state index < -0.39 is 22.7 Å². The van der Waals surface area contributed by atoms with E-state index in [1.807, 2.05) is 0 Å². The lowest BCUT2D eigenvalue weighted by Gasteiger charge is -2.10. The lowest BCUT2D eigenvalue weighted by atomic mass is 10.2. The Morgan fingerprint density at radius 3 is 2.55 bits per heavy atom. The maximum Gasteiger partial charge on any atom is 0.402 e. The molecule has 0 saturated heterocycles. The molecule has 20 heavy (non-hydrogen) atoms. The summed E-state index contributed by atoms with van der Waals surface area (Å²) < 4.78 is 61.2. The number of sulfonamides is 1. The highest BCUT2D eigenvalue weighted by Gasteiger charge is 2.30. The van der Waals surface area contributed by atoms with Crippen LogP contribution in [0.15, 0.2) is 29.2 Å². The summed E-state index contributed by atoms with van der Waals surface area (Å²) in [6.07, 6.45) is -2.37. The van der Waals surface area contributed by atoms with Crippen molar-refractivity contribution in [1.29, 1.82) is 0 Å². The van der Waals surface area contributed by atoms with Crippen LogP contribution in [0.3, 0.4) is 0 Å². The predicted molar refractivity (Wildman–Crippen MR) is 67.5 cm³/mol. The van der Waals surface area contributed by atoms with Crippen molar-refractivity contribution < 1.29 is 21.6 Å². The largest absolute Gasteiger partial charge is 0.402 e. The van der Waals surface area contributed by atoms with Gasteiger partial charge in [0.1, 0.15) is 6.54 Å². The third-order valence-corrected chi connectivity index (χ3v) is 4.24. The minimum atomic E-state index is -4.57. The fourth-order valence-corrected chi connectivity index (χ4v) is 2.72. The SMILES string of the molecule is O=S(=O)(NCC(F)(F)F)c1cccc(CNC2CC2)c1. The fourth-order valence-electron chi connectivity index (χ4n) is 1.63. The Hall–Kier alpha value is -1.12. The molecular formula is C12H15F3N2O2S. The summed E-state index contributed by atoms with van der Waals surface area (Å²) in [7, 11) is -4.14. The van der Waals surface area contributed by atoms with Crippen LogP contribution < -0.4 is 10.0 Å². The Kier molecular flexibility index (Phi) is 4.36. The summed E-state index contributed by atoms with van der Waals surface area (Å²) in [6, 6.07) is 6.39. The van der Waals surface area contributed by atoms with E-state index in [1.165, 1.54) is 18.2 Å². The van der Waals surface area contributed by atoms with Crippen LogP contribution in [0.1, 0.15) is 18.4 Å². The molecule has 0 bridgehead atoms. The van der Waals surface area contributed by atoms with E-state index in [-0.39, 0.29) is 4.90 Å². The average molecular weight is 308 g/mol. The van der Waals surface area contributed by atoms with Crippen LogP contribution in [0.2, 0.25) is 0 Å². The molecule has 0 aromatic heterocycles. The molecule has 1 fully saturated rings. The Labute approximate surface area is 115 Å². The van der Waals surface area contributed by atoms with Crippen molar-refractivity contribution in [3.05, 3.63) is 29.8 Å². The minimum Gasteiger partial charge on any atom is -0.310 e. The second-order valence-corrected chi connectivity index (χ2v) is 6.51. The van der Waals surface area contributed by atoms with Crippen LogP contribution in [-0.2, 0) is 16.6 Å². The minimum absolute atomic E-state index is 0.156. The van der Waals surface area contributed by atoms with E-state index in [0.29, 0.717) is 12.6 Å². The van der Waals surface area contributed by atoms with Crippen molar-refractivity contribution in [3.8, 4) is 0 Å². The van der Waals surface area contributed by atoms with E-state index in [2.05, 4.69) is 5.32 Å². The zero-order valence-electron chi connectivity index (χ0n) is 10.6. The van der Waals surface area contributed by atoms with Crippen LogP contribution in [-0.4, -0.2) is 27.2 Å². The third-order valence-electron chi connectivity index (χ3n) is 2.84. The summed E-state index contributed by atoms with van der Waals surface area (Å²) in [5.74, 6) is 0. The molecular weight excluding hydrogens is 293 g/mol. The first-order valence-electron chi connectivity index (χ1n) is 6.15. The van der Waals surface area contributed by atoms with Crippen LogP contribution >= 0.6 is 0 Å². The lowest BCUT2D eigenvalue weighted by Crippen LogP contribution is -2.33. The van der Waals surface area contributed by atoms with Gasteiger partial charge in [0.2, 0.25) is 10.0 Å². The summed E-state index contributed by atoms with van der Waals surface area (Å²) in [5.41, 5.74) is 0.729. The second kappa shape index (κ2) is 5.71. The second-order valence-electron chi connectivity index (χ2n) is 4.74. The van der Waals surface area contributed by atoms with Crippen LogP contribution in [0.25, 0.3) is 0 Å². The van der Waals surface area contributed by atoms with E-state index in [9.17, 15) is 21.6 Å². The molecule has 0 spiro atoms. The molecule has 0 amide bonds. The van der Waals surface area contributed by atoms with Crippen molar-refractivity contribution in [3.63, 3.8) is 0 Å². The molecule has 4 nitrogen and oxygen atoms in total. The van der Waals surface area contributed by atoms with Crippen molar-refractivity contribution in [2.75, 3.05) is 6.54 Å². The predicted octanol–water partition coefficient (Wildman–Crippen LogP) is 1.78. The molecule has 2 N–H and O–H groups in total. The molecule has 0 heterocycles. The molecule has 1 saturated carbocycles. The molecule has 0 radical (unpaired) electrons. The van der Waals surface area contributed by atoms with Crippen molar-refractivity contribution in [2.24, 2.45) is 0 Å². The maximum absolute atomic E-state index is 12.1. The molecule has 1 aliphatic rings. The Morgan fingerprint density at radius 2 is 1.95 bits per heavy atom. The van der Waals surface area contributed by atoms with Gasteiger partial charge in [0.05, 0.1) is 4.90 Å². The van der Waals surface area contributed by atoms with Crippen molar-refractivity contribution >= 4 is 10.0 Å². The highest BCUT2D eigenvalue weighted by Crippen LogP contribution is 2.20. The number of halogens is 3. The fraction of sp³-hybridized carbons (Fsp3) is 0.500. The van der Waals surface area contributed by atoms with Gasteiger partial charge in [-0.2, -0.15) is 13.2 Å². The first kappa shape index (κ1) is 15.3. The van der Waals surface area contributed by atoms with Crippen LogP contribution in [0.4, 0.5) is 13.2 Å². The Morgan fingerprint density at radius 1 is 1.25 bits per heavy atom. The zero-order valence-corrected chi connectivity index (χ0v) is 11.4. The van der Waals surface area contributed by atoms with Crippen LogP contribution in [0.5, 0.6) is 0 Å². The quantitative estimate of drug-likeness (QED) is 0.842. The van der Waals surface area contributed by atoms with Gasteiger partial charge in [0.15, 0.2) is 0 Å². The zero-order chi connectivity index (χ0) is 14.8. The van der Waals surface area contributed by atoms with E-state index in [4.69, 9.17) is 0 Å². The molecule has 1 aromatic rings. The monoisotopic (exact) mass is 308 g/mol. The number of hydrogen-bond acceptors (Lipinski definition) is 3. The number of hydrogen-bond donors (Lipinski definition) is 2. The third kappa shape index (κ3) is 4.77. The Bertz CT molecular complexity index is 568. The molecule has 2 rings (SSSR count). The summed E-state index contributed by atoms with van der Waals surface area (Å²) in [6.45, 7) is -1.06. The first-order valence-corrected chi connectivity index (χ1v) is 7.63. The summed E-state index contributed by atoms with van der Waals surface area (Å²) in [4.78, 5) is -0.156. The van der Waals surface area contributed by atoms with Crippen molar-refractivity contribution in [1.82, 2.24) is 10.0 Å². The average Bonchev–Trinajstić information content (AvgIpc) is 3.18. The number of alkyl halides is 3. The molecule has 8 heteroatoms. The van der Waals surface area contributed by atoms with E-state index >= 15 is 0 Å². The molecule has 112 valence electrons. The molecule has 0 unspecified atom stereocenters. The van der Waals surface area contributed by atoms with Gasteiger partial charge < -0.3 is 5.32 Å². The molecule has 1 aliphatic carbocycles. The number of benzene rings is 1. The topological polar surface area (TPSA) is 58.2 Å². The Balaban J connectivity index is 2.04. The molecule has 0 aliphatic heterocycles. The highest BCUT2D eigenvalue weighted by atomic mass is 32.2. The van der Waals surface area contributed by atoms with Crippen LogP contribution in [0, 0.1) is 0 Å². The highest BCUT2D eigenvalue weighted by molar-refractivity contribution is 7.89. The van der Waals surface area contributed by atoms with Gasteiger partial charge in [0.25, 0.3) is 0 Å². The lowest BCUT2D eigenvalue weighted by molar-refractivity contribution is -0.121. The number of nitrogens with one attached hydrogen (secondary N) is 2. The number of rotatable bonds is 6. The van der Waals surface area contributed by atoms with Crippen molar-refractivity contribution in [2.45, 2.75) is 36.5 Å². The van der Waals surface area contributed by atoms with Gasteiger partial charge in [-0.3, -0.25) is 0 Å². The first-order chi connectivity index (χ1) is 9.26. The van der Waals surface area contributed by atoms with Gasteiger partial charge in [-0.05, 0) is 30.5 Å². The molecule has 0 atom stereocenters. The maximum atomic E-state index is 12.1. The smallest absolute Gasteiger partial charge is 0.310 e. The van der Waals surface area contributed by atoms with Gasteiger partial charge in [0, 0.05) is 12.6 Å². The van der Waals surface area contributed by atoms with Gasteiger partial charge in [-0.1, -0.05) is 12.1 Å². The summed E-state index contributed by atoms with van der Waals surface area (Å²) in [5, 5.41) is 3.21. The molecule has 1 aromatic carbocycles. The van der Waals surface area contributed by atoms with E-state index in [1.54, 1.807) is 10.8 Å². The van der Waals surface area contributed by atoms with Gasteiger partial charge in [-0.15, -0.1) is 0 Å². The normalized spacial score (nSPS) is 16.4. The van der Waals surface area contributed by atoms with Gasteiger partial charge in [-0.25, -0.2) is 13.1 Å². The van der Waals surface area contributed by atoms with E-state index in [0.717, 1.165) is 18.4 Å². The van der Waals surface area contributed by atoms with Gasteiger partial charge >= 0.3 is 6.18 Å².